The van der Waals surface area contributed by atoms with E-state index in [1.807, 2.05) is 30.5 Å². The van der Waals surface area contributed by atoms with Crippen LogP contribution >= 0.6 is 0 Å². The number of ether oxygens (including phenoxy) is 2. The molecular formula is C26H31N7O4Si. The molecule has 3 N–H and O–H groups in total. The maximum Gasteiger partial charge on any atom is 0.281 e. The highest BCUT2D eigenvalue weighted by Gasteiger charge is 2.21. The number of anilines is 3. The van der Waals surface area contributed by atoms with Crippen molar-refractivity contribution in [2.75, 3.05) is 24.8 Å². The van der Waals surface area contributed by atoms with Gasteiger partial charge in [0, 0.05) is 43.9 Å². The molecule has 12 heteroatoms. The number of nitrogen functional groups attached to an aromatic ring is 1. The summed E-state index contributed by atoms with van der Waals surface area (Å²) in [5.74, 6) is 0.772. The Labute approximate surface area is 221 Å². The second kappa shape index (κ2) is 11.4. The first-order valence-corrected chi connectivity index (χ1v) is 15.8. The van der Waals surface area contributed by atoms with Crippen molar-refractivity contribution in [2.45, 2.75) is 32.4 Å². The SMILES string of the molecule is COc1ccc(-c2cnc(N)nc2Nc2ccc(-c3cnn(COCC[Si](C)(C)C)c3)cc2)c([N+](=O)[O-])c1. The van der Waals surface area contributed by atoms with Crippen LogP contribution in [-0.4, -0.2) is 46.5 Å². The normalized spacial score (nSPS) is 11.4. The number of nitro benzene ring substituents is 1. The Morgan fingerprint density at radius 2 is 1.84 bits per heavy atom. The van der Waals surface area contributed by atoms with Crippen LogP contribution in [0.5, 0.6) is 5.75 Å². The number of nitrogens with one attached hydrogen (secondary N) is 1. The molecule has 0 spiro atoms. The van der Waals surface area contributed by atoms with E-state index in [9.17, 15) is 10.1 Å². The van der Waals surface area contributed by atoms with Crippen molar-refractivity contribution in [3.63, 3.8) is 0 Å². The second-order valence-electron chi connectivity index (χ2n) is 9.95. The van der Waals surface area contributed by atoms with E-state index in [0.717, 1.165) is 29.5 Å². The molecule has 0 aliphatic heterocycles. The first kappa shape index (κ1) is 26.8. The first-order chi connectivity index (χ1) is 18.1. The lowest BCUT2D eigenvalue weighted by molar-refractivity contribution is -0.384. The van der Waals surface area contributed by atoms with Crippen molar-refractivity contribution in [3.8, 4) is 28.0 Å². The number of nitro groups is 1. The van der Waals surface area contributed by atoms with Crippen molar-refractivity contribution in [3.05, 3.63) is 71.2 Å². The van der Waals surface area contributed by atoms with E-state index in [1.165, 1.54) is 19.4 Å². The minimum Gasteiger partial charge on any atom is -0.497 e. The van der Waals surface area contributed by atoms with Crippen LogP contribution in [0.2, 0.25) is 25.7 Å². The molecule has 2 aromatic heterocycles. The van der Waals surface area contributed by atoms with Gasteiger partial charge in [-0.3, -0.25) is 10.1 Å². The van der Waals surface area contributed by atoms with E-state index in [2.05, 4.69) is 40.0 Å². The third kappa shape index (κ3) is 6.72. The molecule has 38 heavy (non-hydrogen) atoms. The minimum absolute atomic E-state index is 0.0449. The van der Waals surface area contributed by atoms with Gasteiger partial charge in [0.25, 0.3) is 5.69 Å². The highest BCUT2D eigenvalue weighted by atomic mass is 28.3. The quantitative estimate of drug-likeness (QED) is 0.110. The molecule has 0 bridgehead atoms. The summed E-state index contributed by atoms with van der Waals surface area (Å²) in [4.78, 5) is 19.6. The van der Waals surface area contributed by atoms with Crippen LogP contribution in [0, 0.1) is 10.1 Å². The van der Waals surface area contributed by atoms with Crippen LogP contribution < -0.4 is 15.8 Å². The molecule has 2 heterocycles. The van der Waals surface area contributed by atoms with Gasteiger partial charge in [-0.1, -0.05) is 31.8 Å². The van der Waals surface area contributed by atoms with Crippen molar-refractivity contribution >= 4 is 31.2 Å². The third-order valence-corrected chi connectivity index (χ3v) is 7.54. The zero-order valence-electron chi connectivity index (χ0n) is 21.8. The van der Waals surface area contributed by atoms with E-state index in [1.54, 1.807) is 23.0 Å². The maximum atomic E-state index is 11.7. The number of nitrogens with zero attached hydrogens (tertiary/aromatic N) is 5. The predicted octanol–water partition coefficient (Wildman–Crippen LogP) is 5.56. The van der Waals surface area contributed by atoms with Gasteiger partial charge in [0.05, 0.1) is 29.9 Å². The molecule has 0 aliphatic rings. The molecular weight excluding hydrogens is 502 g/mol. The molecule has 0 radical (unpaired) electrons. The van der Waals surface area contributed by atoms with Crippen LogP contribution in [0.15, 0.2) is 61.1 Å². The molecule has 0 saturated carbocycles. The predicted molar refractivity (Wildman–Crippen MR) is 150 cm³/mol. The Morgan fingerprint density at radius 3 is 2.53 bits per heavy atom. The van der Waals surface area contributed by atoms with Crippen LogP contribution in [0.3, 0.4) is 0 Å². The van der Waals surface area contributed by atoms with Crippen LogP contribution in [-0.2, 0) is 11.5 Å². The molecule has 0 atom stereocenters. The zero-order valence-corrected chi connectivity index (χ0v) is 22.8. The summed E-state index contributed by atoms with van der Waals surface area (Å²) >= 11 is 0. The fourth-order valence-corrected chi connectivity index (χ4v) is 4.46. The number of nitrogens with two attached hydrogens (primary N) is 1. The topological polar surface area (TPSA) is 143 Å². The van der Waals surface area contributed by atoms with E-state index in [4.69, 9.17) is 15.2 Å². The summed E-state index contributed by atoms with van der Waals surface area (Å²) in [6, 6.07) is 13.4. The second-order valence-corrected chi connectivity index (χ2v) is 15.6. The van der Waals surface area contributed by atoms with E-state index in [0.29, 0.717) is 29.4 Å². The highest BCUT2D eigenvalue weighted by molar-refractivity contribution is 6.76. The van der Waals surface area contributed by atoms with Gasteiger partial charge in [0.15, 0.2) is 0 Å². The molecule has 2 aromatic carbocycles. The summed E-state index contributed by atoms with van der Waals surface area (Å²) in [5, 5.41) is 19.4. The summed E-state index contributed by atoms with van der Waals surface area (Å²) in [6.07, 6.45) is 5.22. The molecule has 198 valence electrons. The number of aromatic nitrogens is 4. The Bertz CT molecular complexity index is 1420. The highest BCUT2D eigenvalue weighted by Crippen LogP contribution is 2.37. The number of hydrogen-bond donors (Lipinski definition) is 2. The minimum atomic E-state index is -1.13. The average Bonchev–Trinajstić information content (AvgIpc) is 3.35. The molecule has 0 aliphatic carbocycles. The monoisotopic (exact) mass is 533 g/mol. The van der Waals surface area contributed by atoms with Gasteiger partial charge in [0.1, 0.15) is 18.3 Å². The van der Waals surface area contributed by atoms with Gasteiger partial charge < -0.3 is 20.5 Å². The van der Waals surface area contributed by atoms with Gasteiger partial charge in [-0.15, -0.1) is 0 Å². The lowest BCUT2D eigenvalue weighted by Crippen LogP contribution is -2.22. The standard InChI is InChI=1S/C26H31N7O4Si/c1-36-21-9-10-22(24(13-21)33(34)35)23-15-28-26(27)31-25(23)30-20-7-5-18(6-8-20)19-14-29-32(16-19)17-37-11-12-38(2,3)4/h5-10,13-16H,11-12,17H2,1-4H3,(H3,27,28,30,31). The molecule has 0 saturated heterocycles. The average molecular weight is 534 g/mol. The number of hydrogen-bond acceptors (Lipinski definition) is 9. The van der Waals surface area contributed by atoms with Crippen molar-refractivity contribution < 1.29 is 14.4 Å². The zero-order chi connectivity index (χ0) is 27.3. The van der Waals surface area contributed by atoms with Crippen molar-refractivity contribution in [2.24, 2.45) is 0 Å². The molecule has 4 aromatic rings. The van der Waals surface area contributed by atoms with E-state index in [-0.39, 0.29) is 11.6 Å². The molecule has 11 nitrogen and oxygen atoms in total. The van der Waals surface area contributed by atoms with E-state index < -0.39 is 13.0 Å². The van der Waals surface area contributed by atoms with Gasteiger partial charge >= 0.3 is 0 Å². The molecule has 0 fully saturated rings. The Kier molecular flexibility index (Phi) is 8.03. The smallest absolute Gasteiger partial charge is 0.281 e. The number of methoxy groups -OCH3 is 1. The third-order valence-electron chi connectivity index (χ3n) is 5.83. The largest absolute Gasteiger partial charge is 0.497 e. The lowest BCUT2D eigenvalue weighted by atomic mass is 10.0. The molecule has 4 rings (SSSR count). The summed E-state index contributed by atoms with van der Waals surface area (Å²) in [5.41, 5.74) is 9.16. The van der Waals surface area contributed by atoms with Crippen molar-refractivity contribution in [1.29, 1.82) is 0 Å². The Morgan fingerprint density at radius 1 is 1.08 bits per heavy atom. The summed E-state index contributed by atoms with van der Waals surface area (Å²) < 4.78 is 12.7. The maximum absolute atomic E-state index is 11.7. The van der Waals surface area contributed by atoms with Gasteiger partial charge in [-0.25, -0.2) is 9.67 Å². The van der Waals surface area contributed by atoms with Gasteiger partial charge in [0.2, 0.25) is 5.95 Å². The fraction of sp³-hybridized carbons (Fsp3) is 0.269. The summed E-state index contributed by atoms with van der Waals surface area (Å²) in [6.45, 7) is 8.12. The van der Waals surface area contributed by atoms with Crippen molar-refractivity contribution in [1.82, 2.24) is 19.7 Å². The van der Waals surface area contributed by atoms with Crippen LogP contribution in [0.4, 0.5) is 23.1 Å². The molecule has 0 unspecified atom stereocenters. The van der Waals surface area contributed by atoms with Crippen LogP contribution in [0.25, 0.3) is 22.3 Å². The van der Waals surface area contributed by atoms with Gasteiger partial charge in [-0.2, -0.15) is 10.1 Å². The number of benzene rings is 2. The van der Waals surface area contributed by atoms with E-state index >= 15 is 0 Å². The molecule has 0 amide bonds. The summed E-state index contributed by atoms with van der Waals surface area (Å²) in [7, 11) is 0.329. The Hall–Kier alpha value is -4.29. The van der Waals surface area contributed by atoms with Gasteiger partial charge in [-0.05, 0) is 35.9 Å². The number of rotatable bonds is 11. The Balaban J connectivity index is 1.51. The fourth-order valence-electron chi connectivity index (χ4n) is 3.71. The lowest BCUT2D eigenvalue weighted by Gasteiger charge is -2.15. The first-order valence-electron chi connectivity index (χ1n) is 12.1. The van der Waals surface area contributed by atoms with Crippen LogP contribution in [0.1, 0.15) is 0 Å².